The zero-order valence-electron chi connectivity index (χ0n) is 7.41. The molecule has 0 N–H and O–H groups in total. The van der Waals surface area contributed by atoms with E-state index in [1.165, 1.54) is 19.3 Å². The van der Waals surface area contributed by atoms with E-state index in [1.54, 1.807) is 0 Å². The Labute approximate surface area is 69.0 Å². The minimum atomic E-state index is -0.981. The highest BCUT2D eigenvalue weighted by Crippen LogP contribution is 2.03. The van der Waals surface area contributed by atoms with Crippen LogP contribution >= 0.6 is 22.6 Å². The van der Waals surface area contributed by atoms with Crippen LogP contribution in [-0.4, -0.2) is 4.38 Å². The van der Waals surface area contributed by atoms with E-state index in [2.05, 4.69) is 6.92 Å². The lowest BCUT2D eigenvalue weighted by molar-refractivity contribution is 0.662. The normalized spacial score (nSPS) is 15.2. The maximum absolute atomic E-state index is 7.22. The van der Waals surface area contributed by atoms with Crippen molar-refractivity contribution < 1.29 is 2.74 Å². The molecule has 0 aromatic rings. The number of alkyl halides is 1. The summed E-state index contributed by atoms with van der Waals surface area (Å²) >= 11 is 1.86. The molecule has 0 rings (SSSR count). The van der Waals surface area contributed by atoms with Crippen molar-refractivity contribution in [2.24, 2.45) is 0 Å². The summed E-state index contributed by atoms with van der Waals surface area (Å²) in [6, 6.07) is 0. The molecular formula is C7H15I. The second-order valence-electron chi connectivity index (χ2n) is 1.94. The van der Waals surface area contributed by atoms with Gasteiger partial charge < -0.3 is 0 Å². The van der Waals surface area contributed by atoms with Gasteiger partial charge in [-0.1, -0.05) is 55.2 Å². The molecule has 0 atom stereocenters. The molecule has 0 amide bonds. The molecule has 0 saturated carbocycles. The van der Waals surface area contributed by atoms with Gasteiger partial charge >= 0.3 is 0 Å². The Hall–Kier alpha value is 0.730. The van der Waals surface area contributed by atoms with Crippen LogP contribution in [0, 0.1) is 0 Å². The Morgan fingerprint density at radius 1 is 1.25 bits per heavy atom. The van der Waals surface area contributed by atoms with Gasteiger partial charge in [0.05, 0.1) is 0 Å². The number of hydrogen-bond donors (Lipinski definition) is 0. The van der Waals surface area contributed by atoms with Crippen LogP contribution in [0.25, 0.3) is 0 Å². The fraction of sp³-hybridized carbons (Fsp3) is 1.00. The van der Waals surface area contributed by atoms with Crippen LogP contribution in [0.2, 0.25) is 0 Å². The Morgan fingerprint density at radius 2 is 1.88 bits per heavy atom. The Bertz CT molecular complexity index is 78.2. The Kier molecular flexibility index (Phi) is 5.32. The summed E-state index contributed by atoms with van der Waals surface area (Å²) in [5.41, 5.74) is 0. The highest BCUT2D eigenvalue weighted by Gasteiger charge is 1.84. The molecule has 0 saturated heterocycles. The monoisotopic (exact) mass is 228 g/mol. The van der Waals surface area contributed by atoms with Crippen LogP contribution in [-0.2, 0) is 0 Å². The highest BCUT2D eigenvalue weighted by molar-refractivity contribution is 14.1. The summed E-state index contributed by atoms with van der Waals surface area (Å²) in [7, 11) is 0. The topological polar surface area (TPSA) is 0 Å². The van der Waals surface area contributed by atoms with E-state index in [4.69, 9.17) is 2.74 Å². The van der Waals surface area contributed by atoms with Gasteiger partial charge in [-0.05, 0) is 10.8 Å². The zero-order chi connectivity index (χ0) is 8.04. The summed E-state index contributed by atoms with van der Waals surface area (Å²) in [5.74, 6) is 0. The van der Waals surface area contributed by atoms with Gasteiger partial charge in [-0.15, -0.1) is 0 Å². The molecule has 50 valence electrons. The van der Waals surface area contributed by atoms with Crippen LogP contribution in [0.15, 0.2) is 0 Å². The summed E-state index contributed by atoms with van der Waals surface area (Å²) in [4.78, 5) is 0. The van der Waals surface area contributed by atoms with Gasteiger partial charge in [0.2, 0.25) is 0 Å². The molecule has 0 aromatic heterocycles. The summed E-state index contributed by atoms with van der Waals surface area (Å²) in [6.45, 7) is 2.17. The molecular weight excluding hydrogens is 211 g/mol. The second kappa shape index (κ2) is 7.73. The van der Waals surface area contributed by atoms with E-state index in [9.17, 15) is 0 Å². The Morgan fingerprint density at radius 3 is 2.38 bits per heavy atom. The average Bonchev–Trinajstić information content (AvgIpc) is 1.78. The van der Waals surface area contributed by atoms with Crippen LogP contribution in [0.4, 0.5) is 0 Å². The standard InChI is InChI=1S/C7H15I/c1-2-3-4-5-6-7-8/h2-7H2,1H3/i7D2. The summed E-state index contributed by atoms with van der Waals surface area (Å²) in [6.07, 6.45) is 5.38. The fourth-order valence-corrected chi connectivity index (χ4v) is 1.000. The van der Waals surface area contributed by atoms with Crippen LogP contribution in [0.5, 0.6) is 0 Å². The molecule has 0 nitrogen and oxygen atoms in total. The average molecular weight is 228 g/mol. The maximum atomic E-state index is 7.22. The quantitative estimate of drug-likeness (QED) is 0.384. The van der Waals surface area contributed by atoms with Gasteiger partial charge in [0.1, 0.15) is 0 Å². The van der Waals surface area contributed by atoms with Crippen molar-refractivity contribution in [2.75, 3.05) is 4.38 Å². The molecule has 0 aliphatic rings. The zero-order valence-corrected chi connectivity index (χ0v) is 7.57. The number of rotatable bonds is 5. The van der Waals surface area contributed by atoms with Gasteiger partial charge in [-0.2, -0.15) is 0 Å². The highest BCUT2D eigenvalue weighted by atomic mass is 127. The number of halogens is 1. The molecule has 0 unspecified atom stereocenters. The van der Waals surface area contributed by atoms with Gasteiger partial charge in [-0.3, -0.25) is 0 Å². The van der Waals surface area contributed by atoms with Crippen molar-refractivity contribution in [2.45, 2.75) is 39.0 Å². The molecule has 1 heteroatoms. The predicted octanol–water partition coefficient (Wildman–Crippen LogP) is 3.39. The molecule has 0 heterocycles. The maximum Gasteiger partial charge on any atom is 0.0377 e. The molecule has 0 aromatic carbocycles. The summed E-state index contributed by atoms with van der Waals surface area (Å²) in [5, 5.41) is 0. The van der Waals surface area contributed by atoms with E-state index in [-0.39, 0.29) is 0 Å². The largest absolute Gasteiger partial charge is 0.0864 e. The minimum Gasteiger partial charge on any atom is -0.0864 e. The Balaban J connectivity index is 3.04. The van der Waals surface area contributed by atoms with Gasteiger partial charge in [0.15, 0.2) is 0 Å². The minimum absolute atomic E-state index is 0.702. The molecule has 0 radical (unpaired) electrons. The molecule has 0 fully saturated rings. The number of unbranched alkanes of at least 4 members (excludes halogenated alkanes) is 3. The van der Waals surface area contributed by atoms with E-state index in [0.717, 1.165) is 6.42 Å². The number of hydrogen-bond acceptors (Lipinski definition) is 0. The van der Waals surface area contributed by atoms with Crippen LogP contribution < -0.4 is 0 Å². The van der Waals surface area contributed by atoms with E-state index >= 15 is 0 Å². The van der Waals surface area contributed by atoms with Crippen LogP contribution in [0.1, 0.15) is 41.8 Å². The third-order valence-corrected chi connectivity index (χ3v) is 1.66. The van der Waals surface area contributed by atoms with E-state index < -0.39 is 4.38 Å². The lowest BCUT2D eigenvalue weighted by Gasteiger charge is -1.93. The molecule has 8 heavy (non-hydrogen) atoms. The van der Waals surface area contributed by atoms with Crippen LogP contribution in [0.3, 0.4) is 0 Å². The van der Waals surface area contributed by atoms with Gasteiger partial charge in [0, 0.05) is 2.74 Å². The van der Waals surface area contributed by atoms with Gasteiger partial charge in [0.25, 0.3) is 0 Å². The molecule has 0 aliphatic carbocycles. The van der Waals surface area contributed by atoms with Gasteiger partial charge in [-0.25, -0.2) is 0 Å². The second-order valence-corrected chi connectivity index (χ2v) is 2.71. The first kappa shape index (κ1) is 5.51. The SMILES string of the molecule is [2H]C([2H])(I)CCCCCC. The van der Waals surface area contributed by atoms with Crippen molar-refractivity contribution in [3.8, 4) is 0 Å². The smallest absolute Gasteiger partial charge is 0.0377 e. The third-order valence-electron chi connectivity index (χ3n) is 1.12. The predicted molar refractivity (Wildman–Crippen MR) is 47.6 cm³/mol. The first-order chi connectivity index (χ1) is 4.56. The van der Waals surface area contributed by atoms with Crippen molar-refractivity contribution in [3.63, 3.8) is 0 Å². The van der Waals surface area contributed by atoms with E-state index in [0.29, 0.717) is 6.42 Å². The van der Waals surface area contributed by atoms with Crippen molar-refractivity contribution in [1.82, 2.24) is 0 Å². The third kappa shape index (κ3) is 6.73. The first-order valence-corrected chi connectivity index (χ1v) is 4.33. The fourth-order valence-electron chi connectivity index (χ4n) is 0.619. The molecule has 0 bridgehead atoms. The van der Waals surface area contributed by atoms with Crippen molar-refractivity contribution in [1.29, 1.82) is 0 Å². The van der Waals surface area contributed by atoms with Crippen molar-refractivity contribution >= 4 is 22.6 Å². The summed E-state index contributed by atoms with van der Waals surface area (Å²) < 4.78 is 13.5. The molecule has 0 spiro atoms. The van der Waals surface area contributed by atoms with Crippen molar-refractivity contribution in [3.05, 3.63) is 0 Å². The lowest BCUT2D eigenvalue weighted by Crippen LogP contribution is -1.76. The lowest BCUT2D eigenvalue weighted by atomic mass is 10.2. The first-order valence-electron chi connectivity index (χ1n) is 4.25. The van der Waals surface area contributed by atoms with E-state index in [1.807, 2.05) is 22.6 Å². The molecule has 0 aliphatic heterocycles.